The average molecular weight is 354 g/mol. The Morgan fingerprint density at radius 1 is 1.35 bits per heavy atom. The van der Waals surface area contributed by atoms with Crippen LogP contribution in [0.1, 0.15) is 12.1 Å². The summed E-state index contributed by atoms with van der Waals surface area (Å²) < 4.78 is 38.1. The third-order valence-corrected chi connectivity index (χ3v) is 6.97. The third kappa shape index (κ3) is 3.34. The van der Waals surface area contributed by atoms with E-state index in [9.17, 15) is 8.42 Å². The molecule has 0 saturated carbocycles. The largest absolute Gasteiger partial charge is 0.494 e. The number of aromatic nitrogens is 1. The number of ether oxygens (including phenoxy) is 2. The van der Waals surface area contributed by atoms with Crippen LogP contribution in [0.3, 0.4) is 0 Å². The van der Waals surface area contributed by atoms with Gasteiger partial charge in [-0.15, -0.1) is 11.3 Å². The van der Waals surface area contributed by atoms with Gasteiger partial charge < -0.3 is 9.47 Å². The van der Waals surface area contributed by atoms with Crippen LogP contribution in [0.5, 0.6) is 11.5 Å². The van der Waals surface area contributed by atoms with Gasteiger partial charge in [0.1, 0.15) is 17.6 Å². The van der Waals surface area contributed by atoms with Gasteiger partial charge in [-0.3, -0.25) is 4.98 Å². The molecule has 3 rings (SSSR count). The number of hydrogen-bond donors (Lipinski definition) is 0. The first-order valence-electron chi connectivity index (χ1n) is 7.21. The molecule has 8 heteroatoms. The van der Waals surface area contributed by atoms with Gasteiger partial charge >= 0.3 is 0 Å². The van der Waals surface area contributed by atoms with Gasteiger partial charge in [-0.1, -0.05) is 0 Å². The molecular formula is C15H18N2O4S2. The first-order valence-corrected chi connectivity index (χ1v) is 9.53. The lowest BCUT2D eigenvalue weighted by Crippen LogP contribution is -2.30. The van der Waals surface area contributed by atoms with E-state index < -0.39 is 10.0 Å². The van der Waals surface area contributed by atoms with E-state index in [1.165, 1.54) is 22.8 Å². The van der Waals surface area contributed by atoms with E-state index in [2.05, 4.69) is 4.98 Å². The van der Waals surface area contributed by atoms with Crippen LogP contribution in [0, 0.1) is 6.92 Å². The summed E-state index contributed by atoms with van der Waals surface area (Å²) in [5.41, 5.74) is 0.915. The summed E-state index contributed by atoms with van der Waals surface area (Å²) in [4.78, 5) is 4.18. The summed E-state index contributed by atoms with van der Waals surface area (Å²) >= 11 is 1.17. The van der Waals surface area contributed by atoms with E-state index in [0.717, 1.165) is 5.69 Å². The van der Waals surface area contributed by atoms with Crippen molar-refractivity contribution in [3.05, 3.63) is 35.5 Å². The Morgan fingerprint density at radius 2 is 2.17 bits per heavy atom. The Morgan fingerprint density at radius 3 is 2.87 bits per heavy atom. The van der Waals surface area contributed by atoms with E-state index in [-0.39, 0.29) is 10.3 Å². The minimum absolute atomic E-state index is 0.166. The van der Waals surface area contributed by atoms with Crippen LogP contribution in [0.15, 0.2) is 34.0 Å². The molecule has 0 spiro atoms. The van der Waals surface area contributed by atoms with Gasteiger partial charge in [-0.05, 0) is 36.9 Å². The van der Waals surface area contributed by atoms with E-state index in [1.54, 1.807) is 17.6 Å². The van der Waals surface area contributed by atoms with Gasteiger partial charge in [-0.25, -0.2) is 8.42 Å². The van der Waals surface area contributed by atoms with Crippen molar-refractivity contribution in [1.82, 2.24) is 9.29 Å². The third-order valence-electron chi connectivity index (χ3n) is 3.68. The summed E-state index contributed by atoms with van der Waals surface area (Å²) in [6, 6.07) is 5.39. The van der Waals surface area contributed by atoms with E-state index in [4.69, 9.17) is 9.47 Å². The molecule has 1 aliphatic heterocycles. The fourth-order valence-electron chi connectivity index (χ4n) is 2.47. The number of sulfonamides is 1. The lowest BCUT2D eigenvalue weighted by atomic mass is 10.3. The molecule has 0 radical (unpaired) electrons. The summed E-state index contributed by atoms with van der Waals surface area (Å²) in [6.45, 7) is 2.67. The van der Waals surface area contributed by atoms with Crippen molar-refractivity contribution in [2.75, 3.05) is 20.2 Å². The number of thiophene rings is 1. The normalized spacial score (nSPS) is 19.0. The van der Waals surface area contributed by atoms with Crippen LogP contribution in [0.4, 0.5) is 0 Å². The molecule has 0 aromatic carbocycles. The zero-order valence-corrected chi connectivity index (χ0v) is 14.6. The zero-order chi connectivity index (χ0) is 16.4. The van der Waals surface area contributed by atoms with Gasteiger partial charge in [0.15, 0.2) is 4.21 Å². The molecule has 2 aromatic heterocycles. The van der Waals surface area contributed by atoms with Gasteiger partial charge in [0.25, 0.3) is 10.0 Å². The van der Waals surface area contributed by atoms with E-state index >= 15 is 0 Å². The quantitative estimate of drug-likeness (QED) is 0.824. The number of hydrogen-bond acceptors (Lipinski definition) is 6. The fourth-order valence-corrected chi connectivity index (χ4v) is 5.37. The molecule has 3 heterocycles. The molecular weight excluding hydrogens is 336 g/mol. The maximum absolute atomic E-state index is 12.7. The molecule has 2 aromatic rings. The highest BCUT2D eigenvalue weighted by molar-refractivity contribution is 7.91. The summed E-state index contributed by atoms with van der Waals surface area (Å²) in [5.74, 6) is 1.05. The Hall–Kier alpha value is -1.64. The lowest BCUT2D eigenvalue weighted by molar-refractivity contribution is 0.214. The Balaban J connectivity index is 1.70. The SMILES string of the molecule is COc1ccsc1S(=O)(=O)N1CCC(Oc2ccc(C)nc2)C1. The van der Waals surface area contributed by atoms with Crippen molar-refractivity contribution < 1.29 is 17.9 Å². The molecule has 0 amide bonds. The molecule has 124 valence electrons. The van der Waals surface area contributed by atoms with Crippen LogP contribution in [-0.4, -0.2) is 44.0 Å². The second-order valence-electron chi connectivity index (χ2n) is 5.30. The minimum atomic E-state index is -3.54. The molecule has 1 unspecified atom stereocenters. The standard InChI is InChI=1S/C15H18N2O4S2/c1-11-3-4-12(9-16-11)21-13-5-7-17(10-13)23(18,19)15-14(20-2)6-8-22-15/h3-4,6,8-9,13H,5,7,10H2,1-2H3. The molecule has 0 bridgehead atoms. The summed E-state index contributed by atoms with van der Waals surface area (Å²) in [6.07, 6.45) is 2.15. The predicted octanol–water partition coefficient (Wildman–Crippen LogP) is 2.30. The number of aryl methyl sites for hydroxylation is 1. The van der Waals surface area contributed by atoms with Gasteiger partial charge in [0.2, 0.25) is 0 Å². The van der Waals surface area contributed by atoms with Crippen LogP contribution < -0.4 is 9.47 Å². The molecule has 0 aliphatic carbocycles. The first kappa shape index (κ1) is 16.2. The number of pyridine rings is 1. The van der Waals surface area contributed by atoms with Crippen molar-refractivity contribution >= 4 is 21.4 Å². The van der Waals surface area contributed by atoms with Crippen LogP contribution in [0.2, 0.25) is 0 Å². The highest BCUT2D eigenvalue weighted by atomic mass is 32.2. The van der Waals surface area contributed by atoms with E-state index in [0.29, 0.717) is 31.0 Å². The van der Waals surface area contributed by atoms with Crippen LogP contribution in [-0.2, 0) is 10.0 Å². The second kappa shape index (κ2) is 6.46. The topological polar surface area (TPSA) is 68.7 Å². The zero-order valence-electron chi connectivity index (χ0n) is 12.9. The van der Waals surface area contributed by atoms with Crippen LogP contribution in [0.25, 0.3) is 0 Å². The van der Waals surface area contributed by atoms with E-state index in [1.807, 2.05) is 19.1 Å². The summed E-state index contributed by atoms with van der Waals surface area (Å²) in [7, 11) is -2.07. The number of nitrogens with zero attached hydrogens (tertiary/aromatic N) is 2. The van der Waals surface area contributed by atoms with Crippen molar-refractivity contribution in [3.63, 3.8) is 0 Å². The van der Waals surface area contributed by atoms with Crippen molar-refractivity contribution in [3.8, 4) is 11.5 Å². The molecule has 1 saturated heterocycles. The monoisotopic (exact) mass is 354 g/mol. The number of methoxy groups -OCH3 is 1. The van der Waals surface area contributed by atoms with Crippen molar-refractivity contribution in [2.24, 2.45) is 0 Å². The Kier molecular flexibility index (Phi) is 4.56. The molecule has 1 fully saturated rings. The molecule has 0 N–H and O–H groups in total. The second-order valence-corrected chi connectivity index (χ2v) is 8.35. The van der Waals surface area contributed by atoms with Crippen molar-refractivity contribution in [2.45, 2.75) is 23.7 Å². The molecule has 6 nitrogen and oxygen atoms in total. The smallest absolute Gasteiger partial charge is 0.256 e. The Bertz CT molecular complexity index is 771. The Labute approximate surface area is 139 Å². The fraction of sp³-hybridized carbons (Fsp3) is 0.400. The van der Waals surface area contributed by atoms with Crippen molar-refractivity contribution in [1.29, 1.82) is 0 Å². The minimum Gasteiger partial charge on any atom is -0.494 e. The van der Waals surface area contributed by atoms with Gasteiger partial charge in [0, 0.05) is 12.2 Å². The highest BCUT2D eigenvalue weighted by Crippen LogP contribution is 2.33. The number of rotatable bonds is 5. The maximum Gasteiger partial charge on any atom is 0.256 e. The average Bonchev–Trinajstić information content (AvgIpc) is 3.19. The maximum atomic E-state index is 12.7. The first-order chi connectivity index (χ1) is 11.0. The highest BCUT2D eigenvalue weighted by Gasteiger charge is 2.36. The van der Waals surface area contributed by atoms with Gasteiger partial charge in [-0.2, -0.15) is 4.31 Å². The predicted molar refractivity (Wildman–Crippen MR) is 87.6 cm³/mol. The lowest BCUT2D eigenvalue weighted by Gasteiger charge is -2.17. The summed E-state index contributed by atoms with van der Waals surface area (Å²) in [5, 5.41) is 1.72. The van der Waals surface area contributed by atoms with Crippen LogP contribution >= 0.6 is 11.3 Å². The van der Waals surface area contributed by atoms with Gasteiger partial charge in [0.05, 0.1) is 19.9 Å². The molecule has 1 aliphatic rings. The molecule has 23 heavy (non-hydrogen) atoms. The molecule has 1 atom stereocenters.